The first-order valence-electron chi connectivity index (χ1n) is 7.02. The molecule has 0 atom stereocenters. The van der Waals surface area contributed by atoms with Crippen LogP contribution >= 0.6 is 54.5 Å². The second-order valence-electron chi connectivity index (χ2n) is 5.20. The molecule has 0 saturated heterocycles. The molecule has 128 valence electrons. The molecule has 1 aliphatic heterocycles. The smallest absolute Gasteiger partial charge is 0.341 e. The molecule has 0 saturated carbocycles. The summed E-state index contributed by atoms with van der Waals surface area (Å²) in [7, 11) is 0. The molecule has 2 N–H and O–H groups in total. The van der Waals surface area contributed by atoms with Gasteiger partial charge in [-0.3, -0.25) is 4.79 Å². The van der Waals surface area contributed by atoms with E-state index in [1.54, 1.807) is 18.2 Å². The molecule has 3 rings (SSSR count). The third kappa shape index (κ3) is 4.06. The van der Waals surface area contributed by atoms with Gasteiger partial charge in [0.2, 0.25) is 0 Å². The molecular formula is C17H10Br2INO4. The molecule has 0 bridgehead atoms. The number of aliphatic carboxylic acids is 1. The fourth-order valence-corrected chi connectivity index (χ4v) is 4.35. The van der Waals surface area contributed by atoms with E-state index in [2.05, 4.69) is 59.8 Å². The van der Waals surface area contributed by atoms with Gasteiger partial charge in [-0.1, -0.05) is 0 Å². The van der Waals surface area contributed by atoms with E-state index < -0.39 is 12.6 Å². The van der Waals surface area contributed by atoms with Crippen LogP contribution in [0.3, 0.4) is 0 Å². The van der Waals surface area contributed by atoms with Crippen LogP contribution in [0.15, 0.2) is 39.3 Å². The van der Waals surface area contributed by atoms with Crippen molar-refractivity contribution >= 4 is 83.7 Å². The maximum atomic E-state index is 12.3. The maximum absolute atomic E-state index is 12.3. The first kappa shape index (κ1) is 18.4. The summed E-state index contributed by atoms with van der Waals surface area (Å²) in [5, 5.41) is 11.6. The Morgan fingerprint density at radius 3 is 2.56 bits per heavy atom. The van der Waals surface area contributed by atoms with Crippen molar-refractivity contribution in [3.63, 3.8) is 0 Å². The van der Waals surface area contributed by atoms with E-state index in [1.807, 2.05) is 18.2 Å². The summed E-state index contributed by atoms with van der Waals surface area (Å²) < 4.78 is 7.48. The molecular weight excluding hydrogens is 569 g/mol. The minimum Gasteiger partial charge on any atom is -0.480 e. The van der Waals surface area contributed by atoms with Gasteiger partial charge in [0.25, 0.3) is 5.91 Å². The SMILES string of the molecule is O=C(O)COc1c(Br)cc(C=C2C(=O)Nc3ccc(I)cc32)cc1Br. The number of carboxylic acids is 1. The molecule has 0 spiro atoms. The van der Waals surface area contributed by atoms with E-state index in [4.69, 9.17) is 9.84 Å². The molecule has 0 radical (unpaired) electrons. The summed E-state index contributed by atoms with van der Waals surface area (Å²) in [6, 6.07) is 9.31. The number of hydrogen-bond acceptors (Lipinski definition) is 3. The highest BCUT2D eigenvalue weighted by Crippen LogP contribution is 2.38. The lowest BCUT2D eigenvalue weighted by atomic mass is 10.0. The van der Waals surface area contributed by atoms with Crippen molar-refractivity contribution in [1.29, 1.82) is 0 Å². The van der Waals surface area contributed by atoms with Crippen molar-refractivity contribution in [2.45, 2.75) is 0 Å². The zero-order valence-electron chi connectivity index (χ0n) is 12.5. The topological polar surface area (TPSA) is 75.6 Å². The van der Waals surface area contributed by atoms with E-state index in [0.29, 0.717) is 20.3 Å². The largest absolute Gasteiger partial charge is 0.480 e. The van der Waals surface area contributed by atoms with Crippen molar-refractivity contribution in [2.75, 3.05) is 11.9 Å². The van der Waals surface area contributed by atoms with Crippen LogP contribution in [0.2, 0.25) is 0 Å². The van der Waals surface area contributed by atoms with Gasteiger partial charge in [-0.05, 0) is 96.4 Å². The highest BCUT2D eigenvalue weighted by molar-refractivity contribution is 14.1. The van der Waals surface area contributed by atoms with Gasteiger partial charge < -0.3 is 15.2 Å². The number of hydrogen-bond donors (Lipinski definition) is 2. The number of carboxylic acid groups (broad SMARTS) is 1. The quantitative estimate of drug-likeness (QED) is 0.405. The molecule has 0 fully saturated rings. The Hall–Kier alpha value is -1.39. The fourth-order valence-electron chi connectivity index (χ4n) is 2.40. The average molecular weight is 579 g/mol. The molecule has 1 aliphatic rings. The van der Waals surface area contributed by atoms with E-state index in [1.165, 1.54) is 0 Å². The standard InChI is InChI=1S/C17H10Br2INO4/c18-12-4-8(5-13(19)16(12)25-7-15(22)23)3-11-10-6-9(20)1-2-14(10)21-17(11)24/h1-6H,7H2,(H,21,24)(H,22,23). The molecule has 0 aliphatic carbocycles. The van der Waals surface area contributed by atoms with Gasteiger partial charge in [0, 0.05) is 20.4 Å². The van der Waals surface area contributed by atoms with E-state index in [9.17, 15) is 9.59 Å². The molecule has 1 amide bonds. The molecule has 1 heterocycles. The lowest BCUT2D eigenvalue weighted by molar-refractivity contribution is -0.139. The first-order valence-corrected chi connectivity index (χ1v) is 9.68. The number of rotatable bonds is 4. The number of nitrogens with one attached hydrogen (secondary N) is 1. The van der Waals surface area contributed by atoms with Crippen LogP contribution in [0.1, 0.15) is 11.1 Å². The molecule has 0 aromatic heterocycles. The lowest BCUT2D eigenvalue weighted by Gasteiger charge is -2.10. The molecule has 5 nitrogen and oxygen atoms in total. The predicted molar refractivity (Wildman–Crippen MR) is 111 cm³/mol. The van der Waals surface area contributed by atoms with Crippen molar-refractivity contribution < 1.29 is 19.4 Å². The van der Waals surface area contributed by atoms with Crippen LogP contribution in [0.25, 0.3) is 11.6 Å². The van der Waals surface area contributed by atoms with Gasteiger partial charge in [0.15, 0.2) is 6.61 Å². The van der Waals surface area contributed by atoms with Crippen LogP contribution in [-0.2, 0) is 9.59 Å². The Bertz CT molecular complexity index is 904. The number of benzene rings is 2. The van der Waals surface area contributed by atoms with Crippen LogP contribution in [0.4, 0.5) is 5.69 Å². The second-order valence-corrected chi connectivity index (χ2v) is 8.15. The Kier molecular flexibility index (Phi) is 5.49. The molecule has 2 aromatic carbocycles. The van der Waals surface area contributed by atoms with Crippen molar-refractivity contribution in [2.24, 2.45) is 0 Å². The number of ether oxygens (including phenoxy) is 1. The number of fused-ring (bicyclic) bond motifs is 1. The third-order valence-electron chi connectivity index (χ3n) is 3.44. The summed E-state index contributed by atoms with van der Waals surface area (Å²) in [5.74, 6) is -0.815. The van der Waals surface area contributed by atoms with Gasteiger partial charge in [-0.25, -0.2) is 4.79 Å². The van der Waals surface area contributed by atoms with Crippen LogP contribution in [-0.4, -0.2) is 23.6 Å². The Morgan fingerprint density at radius 2 is 1.92 bits per heavy atom. The average Bonchev–Trinajstić information content (AvgIpc) is 2.82. The number of halogens is 3. The zero-order valence-corrected chi connectivity index (χ0v) is 17.8. The summed E-state index contributed by atoms with van der Waals surface area (Å²) >= 11 is 8.96. The lowest BCUT2D eigenvalue weighted by Crippen LogP contribution is -2.10. The third-order valence-corrected chi connectivity index (χ3v) is 5.29. The van der Waals surface area contributed by atoms with Gasteiger partial charge in [0.1, 0.15) is 5.75 Å². The predicted octanol–water partition coefficient (Wildman–Crippen LogP) is 4.77. The highest BCUT2D eigenvalue weighted by atomic mass is 127. The molecule has 2 aromatic rings. The number of anilines is 1. The number of amides is 1. The highest BCUT2D eigenvalue weighted by Gasteiger charge is 2.24. The van der Waals surface area contributed by atoms with E-state index in [-0.39, 0.29) is 5.91 Å². The molecule has 0 unspecified atom stereocenters. The minimum absolute atomic E-state index is 0.157. The van der Waals surface area contributed by atoms with Crippen LogP contribution in [0, 0.1) is 3.57 Å². The van der Waals surface area contributed by atoms with Gasteiger partial charge in [-0.15, -0.1) is 0 Å². The fraction of sp³-hybridized carbons (Fsp3) is 0.0588. The minimum atomic E-state index is -1.06. The summed E-state index contributed by atoms with van der Waals surface area (Å²) in [5.41, 5.74) is 3.00. The maximum Gasteiger partial charge on any atom is 0.341 e. The van der Waals surface area contributed by atoms with Gasteiger partial charge in [-0.2, -0.15) is 0 Å². The Balaban J connectivity index is 1.98. The molecule has 25 heavy (non-hydrogen) atoms. The summed E-state index contributed by atoms with van der Waals surface area (Å²) in [4.78, 5) is 22.9. The van der Waals surface area contributed by atoms with E-state index in [0.717, 1.165) is 20.4 Å². The van der Waals surface area contributed by atoms with Gasteiger partial charge in [0.05, 0.1) is 8.95 Å². The monoisotopic (exact) mass is 577 g/mol. The summed E-state index contributed by atoms with van der Waals surface area (Å²) in [6.07, 6.45) is 1.79. The van der Waals surface area contributed by atoms with Crippen LogP contribution < -0.4 is 10.1 Å². The Morgan fingerprint density at radius 1 is 1.24 bits per heavy atom. The summed E-state index contributed by atoms with van der Waals surface area (Å²) in [6.45, 7) is -0.439. The van der Waals surface area contributed by atoms with Crippen molar-refractivity contribution in [1.82, 2.24) is 0 Å². The Labute approximate surface area is 173 Å². The molecule has 8 heteroatoms. The first-order chi connectivity index (χ1) is 11.8. The van der Waals surface area contributed by atoms with Crippen LogP contribution in [0.5, 0.6) is 5.75 Å². The number of carbonyl (C=O) groups is 2. The normalized spacial score (nSPS) is 14.4. The van der Waals surface area contributed by atoms with Gasteiger partial charge >= 0.3 is 5.97 Å². The van der Waals surface area contributed by atoms with Crippen molar-refractivity contribution in [3.8, 4) is 5.75 Å². The van der Waals surface area contributed by atoms with E-state index >= 15 is 0 Å². The second kappa shape index (κ2) is 7.46. The van der Waals surface area contributed by atoms with Crippen molar-refractivity contribution in [3.05, 3.63) is 54.0 Å². The zero-order chi connectivity index (χ0) is 18.1. The number of carbonyl (C=O) groups excluding carboxylic acids is 1.